The zero-order chi connectivity index (χ0) is 13.6. The topological polar surface area (TPSA) is 46.2 Å². The van der Waals surface area contributed by atoms with Crippen molar-refractivity contribution in [3.05, 3.63) is 30.3 Å². The van der Waals surface area contributed by atoms with Crippen LogP contribution in [0.2, 0.25) is 0 Å². The molecule has 0 bridgehead atoms. The van der Waals surface area contributed by atoms with E-state index in [1.54, 1.807) is 31.2 Å². The first-order valence-electron chi connectivity index (χ1n) is 6.44. The largest absolute Gasteiger partial charge is 0.315 e. The number of benzene rings is 1. The van der Waals surface area contributed by atoms with Crippen LogP contribution in [0.25, 0.3) is 0 Å². The molecule has 0 amide bonds. The van der Waals surface area contributed by atoms with Crippen molar-refractivity contribution in [2.75, 3.05) is 13.1 Å². The Balaban J connectivity index is 2.53. The molecule has 0 fully saturated rings. The van der Waals surface area contributed by atoms with Gasteiger partial charge >= 0.3 is 0 Å². The minimum atomic E-state index is -3.20. The fourth-order valence-electron chi connectivity index (χ4n) is 1.65. The smallest absolute Gasteiger partial charge is 0.182 e. The summed E-state index contributed by atoms with van der Waals surface area (Å²) in [5, 5.41) is 2.82. The van der Waals surface area contributed by atoms with Gasteiger partial charge in [-0.25, -0.2) is 8.42 Å². The predicted molar refractivity (Wildman–Crippen MR) is 75.4 cm³/mol. The van der Waals surface area contributed by atoms with Gasteiger partial charge in [0.1, 0.15) is 0 Å². The van der Waals surface area contributed by atoms with Crippen LogP contribution in [0.5, 0.6) is 0 Å². The van der Waals surface area contributed by atoms with Gasteiger partial charge in [0.2, 0.25) is 0 Å². The summed E-state index contributed by atoms with van der Waals surface area (Å²) in [7, 11) is -3.20. The Morgan fingerprint density at radius 1 is 1.11 bits per heavy atom. The minimum Gasteiger partial charge on any atom is -0.315 e. The number of nitrogens with one attached hydrogen (secondary N) is 1. The van der Waals surface area contributed by atoms with Gasteiger partial charge in [0, 0.05) is 6.54 Å². The van der Waals surface area contributed by atoms with Crippen LogP contribution in [-0.4, -0.2) is 26.8 Å². The molecule has 0 radical (unpaired) electrons. The summed E-state index contributed by atoms with van der Waals surface area (Å²) in [5.74, 6) is 0.638. The lowest BCUT2D eigenvalue weighted by Gasteiger charge is -2.14. The highest BCUT2D eigenvalue weighted by atomic mass is 32.2. The first-order chi connectivity index (χ1) is 8.44. The van der Waals surface area contributed by atoms with Gasteiger partial charge in [-0.05, 0) is 37.9 Å². The molecular formula is C14H23NO2S. The molecule has 1 unspecified atom stereocenters. The van der Waals surface area contributed by atoms with E-state index in [0.717, 1.165) is 13.0 Å². The first-order valence-corrected chi connectivity index (χ1v) is 7.99. The number of hydrogen-bond donors (Lipinski definition) is 1. The van der Waals surface area contributed by atoms with E-state index in [-0.39, 0.29) is 0 Å². The van der Waals surface area contributed by atoms with Crippen molar-refractivity contribution in [3.63, 3.8) is 0 Å². The molecule has 0 aliphatic heterocycles. The van der Waals surface area contributed by atoms with Gasteiger partial charge in [-0.15, -0.1) is 0 Å². The molecule has 3 nitrogen and oxygen atoms in total. The van der Waals surface area contributed by atoms with Gasteiger partial charge in [-0.1, -0.05) is 32.0 Å². The molecule has 0 saturated carbocycles. The first kappa shape index (κ1) is 15.2. The summed E-state index contributed by atoms with van der Waals surface area (Å²) in [6, 6.07) is 8.64. The van der Waals surface area contributed by atoms with E-state index in [4.69, 9.17) is 0 Å². The Morgan fingerprint density at radius 2 is 1.72 bits per heavy atom. The third-order valence-corrected chi connectivity index (χ3v) is 5.09. The number of rotatable bonds is 7. The molecule has 1 atom stereocenters. The Labute approximate surface area is 111 Å². The van der Waals surface area contributed by atoms with Crippen molar-refractivity contribution < 1.29 is 8.42 Å². The van der Waals surface area contributed by atoms with E-state index in [1.807, 2.05) is 6.07 Å². The average molecular weight is 269 g/mol. The van der Waals surface area contributed by atoms with Crippen LogP contribution < -0.4 is 5.32 Å². The zero-order valence-corrected chi connectivity index (χ0v) is 12.2. The number of sulfone groups is 1. The highest BCUT2D eigenvalue weighted by Crippen LogP contribution is 2.14. The van der Waals surface area contributed by atoms with E-state index in [9.17, 15) is 8.42 Å². The molecule has 1 N–H and O–H groups in total. The summed E-state index contributed by atoms with van der Waals surface area (Å²) in [4.78, 5) is 0.406. The second-order valence-electron chi connectivity index (χ2n) is 5.06. The van der Waals surface area contributed by atoms with E-state index >= 15 is 0 Å². The molecule has 0 spiro atoms. The Hall–Kier alpha value is -0.870. The third kappa shape index (κ3) is 4.42. The van der Waals surface area contributed by atoms with Gasteiger partial charge in [-0.3, -0.25) is 0 Å². The standard InChI is InChI=1S/C14H23NO2S/c1-12(2)9-10-15-11-13(3)18(16,17)14-7-5-4-6-8-14/h4-8,12-13,15H,9-11H2,1-3H3. The second-order valence-corrected chi connectivity index (χ2v) is 7.42. The summed E-state index contributed by atoms with van der Waals surface area (Å²) >= 11 is 0. The van der Waals surface area contributed by atoms with Gasteiger partial charge in [0.15, 0.2) is 9.84 Å². The van der Waals surface area contributed by atoms with Crippen LogP contribution in [0.15, 0.2) is 35.2 Å². The Bertz CT molecular complexity index is 440. The molecule has 102 valence electrons. The normalized spacial score (nSPS) is 13.8. The van der Waals surface area contributed by atoms with Crippen molar-refractivity contribution in [1.29, 1.82) is 0 Å². The second kappa shape index (κ2) is 6.90. The molecule has 1 rings (SSSR count). The maximum absolute atomic E-state index is 12.2. The van der Waals surface area contributed by atoms with Gasteiger partial charge in [-0.2, -0.15) is 0 Å². The molecular weight excluding hydrogens is 246 g/mol. The lowest BCUT2D eigenvalue weighted by atomic mass is 10.1. The Kier molecular flexibility index (Phi) is 5.82. The van der Waals surface area contributed by atoms with Crippen molar-refractivity contribution in [2.45, 2.75) is 37.3 Å². The van der Waals surface area contributed by atoms with Crippen molar-refractivity contribution in [1.82, 2.24) is 5.32 Å². The van der Waals surface area contributed by atoms with Crippen molar-refractivity contribution in [3.8, 4) is 0 Å². The molecule has 0 aromatic heterocycles. The molecule has 0 aliphatic rings. The molecule has 0 saturated heterocycles. The van der Waals surface area contributed by atoms with E-state index in [2.05, 4.69) is 19.2 Å². The van der Waals surface area contributed by atoms with Crippen LogP contribution in [0.3, 0.4) is 0 Å². The van der Waals surface area contributed by atoms with Crippen molar-refractivity contribution in [2.24, 2.45) is 5.92 Å². The maximum Gasteiger partial charge on any atom is 0.182 e. The van der Waals surface area contributed by atoms with E-state index in [0.29, 0.717) is 17.4 Å². The van der Waals surface area contributed by atoms with Gasteiger partial charge < -0.3 is 5.32 Å². The summed E-state index contributed by atoms with van der Waals surface area (Å²) in [5.41, 5.74) is 0. The molecule has 18 heavy (non-hydrogen) atoms. The van der Waals surface area contributed by atoms with E-state index in [1.165, 1.54) is 0 Å². The summed E-state index contributed by atoms with van der Waals surface area (Å²) in [6.45, 7) is 7.44. The zero-order valence-electron chi connectivity index (χ0n) is 11.4. The highest BCUT2D eigenvalue weighted by Gasteiger charge is 2.22. The Morgan fingerprint density at radius 3 is 2.28 bits per heavy atom. The monoisotopic (exact) mass is 269 g/mol. The lowest BCUT2D eigenvalue weighted by Crippen LogP contribution is -2.32. The van der Waals surface area contributed by atoms with Crippen LogP contribution in [0.4, 0.5) is 0 Å². The average Bonchev–Trinajstić information content (AvgIpc) is 2.35. The molecule has 1 aromatic carbocycles. The minimum absolute atomic E-state index is 0.396. The SMILES string of the molecule is CC(C)CCNCC(C)S(=O)(=O)c1ccccc1. The molecule has 0 aliphatic carbocycles. The molecule has 4 heteroatoms. The highest BCUT2D eigenvalue weighted by molar-refractivity contribution is 7.92. The van der Waals surface area contributed by atoms with Crippen molar-refractivity contribution >= 4 is 9.84 Å². The van der Waals surface area contributed by atoms with Crippen LogP contribution in [-0.2, 0) is 9.84 Å². The fourth-order valence-corrected chi connectivity index (χ4v) is 2.99. The van der Waals surface area contributed by atoms with Gasteiger partial charge in [0.05, 0.1) is 10.1 Å². The quantitative estimate of drug-likeness (QED) is 0.774. The van der Waals surface area contributed by atoms with Crippen LogP contribution in [0, 0.1) is 5.92 Å². The third-order valence-electron chi connectivity index (χ3n) is 2.93. The lowest BCUT2D eigenvalue weighted by molar-refractivity contribution is 0.528. The number of hydrogen-bond acceptors (Lipinski definition) is 3. The van der Waals surface area contributed by atoms with Crippen LogP contribution >= 0.6 is 0 Å². The molecule has 1 aromatic rings. The predicted octanol–water partition coefficient (Wildman–Crippen LogP) is 2.48. The summed E-state index contributed by atoms with van der Waals surface area (Å²) in [6.07, 6.45) is 1.07. The van der Waals surface area contributed by atoms with E-state index < -0.39 is 15.1 Å². The maximum atomic E-state index is 12.2. The molecule has 0 heterocycles. The fraction of sp³-hybridized carbons (Fsp3) is 0.571. The summed E-state index contributed by atoms with van der Waals surface area (Å²) < 4.78 is 24.4. The van der Waals surface area contributed by atoms with Gasteiger partial charge in [0.25, 0.3) is 0 Å². The van der Waals surface area contributed by atoms with Crippen LogP contribution in [0.1, 0.15) is 27.2 Å².